The van der Waals surface area contributed by atoms with Crippen molar-refractivity contribution in [1.82, 2.24) is 0 Å². The third-order valence-electron chi connectivity index (χ3n) is 4.44. The molecule has 2 aromatic rings. The number of carboxylic acid groups (broad SMARTS) is 1. The highest BCUT2D eigenvalue weighted by Gasteiger charge is 2.30. The van der Waals surface area contributed by atoms with Crippen LogP contribution >= 0.6 is 0 Å². The lowest BCUT2D eigenvalue weighted by Gasteiger charge is -2.23. The van der Waals surface area contributed by atoms with E-state index in [-0.39, 0.29) is 24.0 Å². The first-order valence-electron chi connectivity index (χ1n) is 8.28. The molecule has 1 atom stereocenters. The van der Waals surface area contributed by atoms with E-state index in [4.69, 9.17) is 5.11 Å². The number of benzene rings is 2. The van der Waals surface area contributed by atoms with Crippen LogP contribution in [0.3, 0.4) is 0 Å². The number of carboxylic acids is 1. The van der Waals surface area contributed by atoms with Gasteiger partial charge in [-0.1, -0.05) is 36.4 Å². The molecule has 1 amide bonds. The van der Waals surface area contributed by atoms with Crippen LogP contribution in [0.15, 0.2) is 48.5 Å². The van der Waals surface area contributed by atoms with Crippen molar-refractivity contribution in [2.24, 2.45) is 0 Å². The molecule has 0 heterocycles. The van der Waals surface area contributed by atoms with E-state index in [1.165, 1.54) is 0 Å². The van der Waals surface area contributed by atoms with Crippen LogP contribution in [-0.2, 0) is 16.0 Å². The van der Waals surface area contributed by atoms with E-state index in [9.17, 15) is 14.4 Å². The molecular formula is C20H19NO4. The van der Waals surface area contributed by atoms with E-state index < -0.39 is 5.97 Å². The van der Waals surface area contributed by atoms with Crippen molar-refractivity contribution >= 4 is 23.3 Å². The first-order valence-corrected chi connectivity index (χ1v) is 8.28. The van der Waals surface area contributed by atoms with Gasteiger partial charge in [-0.2, -0.15) is 0 Å². The molecular weight excluding hydrogens is 318 g/mol. The molecule has 0 saturated heterocycles. The van der Waals surface area contributed by atoms with Crippen molar-refractivity contribution in [3.63, 3.8) is 0 Å². The molecule has 128 valence electrons. The molecule has 2 aromatic carbocycles. The number of carbonyl (C=O) groups excluding carboxylic acids is 2. The molecule has 5 nitrogen and oxygen atoms in total. The van der Waals surface area contributed by atoms with Crippen LogP contribution in [0.4, 0.5) is 5.69 Å². The predicted molar refractivity (Wildman–Crippen MR) is 93.8 cm³/mol. The first kappa shape index (κ1) is 16.9. The van der Waals surface area contributed by atoms with Gasteiger partial charge in [0.05, 0.1) is 5.92 Å². The molecule has 1 unspecified atom stereocenters. The summed E-state index contributed by atoms with van der Waals surface area (Å²) in [7, 11) is 0. The molecule has 1 aliphatic rings. The van der Waals surface area contributed by atoms with Crippen molar-refractivity contribution in [2.75, 3.05) is 5.32 Å². The summed E-state index contributed by atoms with van der Waals surface area (Å²) in [5.41, 5.74) is 2.91. The first-order chi connectivity index (χ1) is 12.0. The zero-order valence-electron chi connectivity index (χ0n) is 13.7. The molecule has 0 bridgehead atoms. The molecule has 1 aliphatic carbocycles. The molecule has 3 rings (SSSR count). The minimum absolute atomic E-state index is 0.0511. The Morgan fingerprint density at radius 1 is 1.12 bits per heavy atom. The fourth-order valence-corrected chi connectivity index (χ4v) is 3.18. The van der Waals surface area contributed by atoms with Gasteiger partial charge >= 0.3 is 5.97 Å². The molecule has 0 saturated carbocycles. The molecule has 0 fully saturated rings. The Bertz CT molecular complexity index is 828. The molecule has 25 heavy (non-hydrogen) atoms. The molecule has 0 spiro atoms. The van der Waals surface area contributed by atoms with Crippen LogP contribution in [0.25, 0.3) is 0 Å². The highest BCUT2D eigenvalue weighted by molar-refractivity contribution is 6.04. The Labute approximate surface area is 145 Å². The van der Waals surface area contributed by atoms with E-state index in [1.807, 2.05) is 24.3 Å². The second kappa shape index (κ2) is 7.30. The number of hydrogen-bond acceptors (Lipinski definition) is 3. The largest absolute Gasteiger partial charge is 0.481 e. The maximum Gasteiger partial charge on any atom is 0.303 e. The molecule has 0 aromatic heterocycles. The number of carbonyl (C=O) groups is 3. The van der Waals surface area contributed by atoms with Crippen LogP contribution in [0.5, 0.6) is 0 Å². The van der Waals surface area contributed by atoms with Gasteiger partial charge in [-0.15, -0.1) is 0 Å². The standard InChI is InChI=1S/C20H19NO4/c22-18-10-9-17(15-6-1-2-7-16(15)18)20(25)21-14-5-3-4-13(12-14)8-11-19(23)24/h1-7,12,17H,8-11H2,(H,21,25)(H,23,24). The van der Waals surface area contributed by atoms with E-state index in [2.05, 4.69) is 5.32 Å². The fraction of sp³-hybridized carbons (Fsp3) is 0.250. The van der Waals surface area contributed by atoms with Gasteiger partial charge in [0, 0.05) is 24.1 Å². The van der Waals surface area contributed by atoms with Crippen LogP contribution in [0, 0.1) is 0 Å². The number of ketones is 1. The summed E-state index contributed by atoms with van der Waals surface area (Å²) >= 11 is 0. The highest BCUT2D eigenvalue weighted by Crippen LogP contribution is 2.32. The fourth-order valence-electron chi connectivity index (χ4n) is 3.18. The van der Waals surface area contributed by atoms with E-state index in [0.717, 1.165) is 11.1 Å². The van der Waals surface area contributed by atoms with Gasteiger partial charge in [0.25, 0.3) is 0 Å². The Hall–Kier alpha value is -2.95. The Morgan fingerprint density at radius 2 is 1.92 bits per heavy atom. The number of amides is 1. The molecule has 0 radical (unpaired) electrons. The third-order valence-corrected chi connectivity index (χ3v) is 4.44. The topological polar surface area (TPSA) is 83.5 Å². The Morgan fingerprint density at radius 3 is 2.72 bits per heavy atom. The SMILES string of the molecule is O=C(O)CCc1cccc(NC(=O)C2CCC(=O)c3ccccc32)c1. The maximum absolute atomic E-state index is 12.7. The third kappa shape index (κ3) is 3.94. The molecule has 5 heteroatoms. The second-order valence-corrected chi connectivity index (χ2v) is 6.19. The monoisotopic (exact) mass is 337 g/mol. The Kier molecular flexibility index (Phi) is 4.93. The Balaban J connectivity index is 1.75. The number of aryl methyl sites for hydroxylation is 1. The van der Waals surface area contributed by atoms with Gasteiger partial charge in [0.1, 0.15) is 0 Å². The lowest BCUT2D eigenvalue weighted by atomic mass is 9.81. The van der Waals surface area contributed by atoms with Crippen LogP contribution < -0.4 is 5.32 Å². The van der Waals surface area contributed by atoms with Gasteiger partial charge in [0.15, 0.2) is 5.78 Å². The summed E-state index contributed by atoms with van der Waals surface area (Å²) in [4.78, 5) is 35.4. The minimum atomic E-state index is -0.849. The maximum atomic E-state index is 12.7. The smallest absolute Gasteiger partial charge is 0.303 e. The van der Waals surface area contributed by atoms with Gasteiger partial charge in [-0.05, 0) is 36.1 Å². The summed E-state index contributed by atoms with van der Waals surface area (Å²) in [5, 5.41) is 11.7. The van der Waals surface area contributed by atoms with Crippen molar-refractivity contribution in [3.8, 4) is 0 Å². The summed E-state index contributed by atoms with van der Waals surface area (Å²) in [5.74, 6) is -1.26. The minimum Gasteiger partial charge on any atom is -0.481 e. The van der Waals surface area contributed by atoms with Crippen LogP contribution in [0.1, 0.15) is 46.7 Å². The number of fused-ring (bicyclic) bond motifs is 1. The highest BCUT2D eigenvalue weighted by atomic mass is 16.4. The molecule has 0 aliphatic heterocycles. The predicted octanol–water partition coefficient (Wildman–Crippen LogP) is 3.40. The van der Waals surface area contributed by atoms with Gasteiger partial charge in [-0.25, -0.2) is 0 Å². The van der Waals surface area contributed by atoms with Crippen molar-refractivity contribution in [2.45, 2.75) is 31.6 Å². The molecule has 2 N–H and O–H groups in total. The van der Waals surface area contributed by atoms with Gasteiger partial charge in [-0.3, -0.25) is 14.4 Å². The number of nitrogens with one attached hydrogen (secondary N) is 1. The summed E-state index contributed by atoms with van der Waals surface area (Å²) in [6.45, 7) is 0. The van der Waals surface area contributed by atoms with E-state index in [1.54, 1.807) is 24.3 Å². The van der Waals surface area contributed by atoms with Crippen LogP contribution in [0.2, 0.25) is 0 Å². The van der Waals surface area contributed by atoms with Gasteiger partial charge in [0.2, 0.25) is 5.91 Å². The van der Waals surface area contributed by atoms with Crippen molar-refractivity contribution < 1.29 is 19.5 Å². The average molecular weight is 337 g/mol. The number of Topliss-reactive ketones (excluding diaryl/α,β-unsaturated/α-hetero) is 1. The zero-order valence-corrected chi connectivity index (χ0v) is 13.7. The normalized spacial score (nSPS) is 16.2. The summed E-state index contributed by atoms with van der Waals surface area (Å²) in [6.07, 6.45) is 1.34. The van der Waals surface area contributed by atoms with E-state index >= 15 is 0 Å². The van der Waals surface area contributed by atoms with Gasteiger partial charge < -0.3 is 10.4 Å². The lowest BCUT2D eigenvalue weighted by molar-refractivity contribution is -0.137. The van der Waals surface area contributed by atoms with E-state index in [0.29, 0.717) is 30.5 Å². The quantitative estimate of drug-likeness (QED) is 0.876. The summed E-state index contributed by atoms with van der Waals surface area (Å²) < 4.78 is 0. The second-order valence-electron chi connectivity index (χ2n) is 6.19. The average Bonchev–Trinajstić information content (AvgIpc) is 2.61. The number of aliphatic carboxylic acids is 1. The van der Waals surface area contributed by atoms with Crippen molar-refractivity contribution in [3.05, 3.63) is 65.2 Å². The van der Waals surface area contributed by atoms with Crippen molar-refractivity contribution in [1.29, 1.82) is 0 Å². The zero-order chi connectivity index (χ0) is 17.8. The number of hydrogen-bond donors (Lipinski definition) is 2. The number of anilines is 1. The van der Waals surface area contributed by atoms with Crippen LogP contribution in [-0.4, -0.2) is 22.8 Å². The summed E-state index contributed by atoms with van der Waals surface area (Å²) in [6, 6.07) is 14.5. The number of rotatable bonds is 5. The lowest BCUT2D eigenvalue weighted by Crippen LogP contribution is -2.26.